The van der Waals surface area contributed by atoms with Gasteiger partial charge in [0.05, 0.1) is 12.7 Å². The van der Waals surface area contributed by atoms with Gasteiger partial charge in [-0.15, -0.1) is 0 Å². The summed E-state index contributed by atoms with van der Waals surface area (Å²) >= 11 is 2.00. The van der Waals surface area contributed by atoms with Gasteiger partial charge in [-0.1, -0.05) is 22.6 Å². The molecule has 0 spiro atoms. The van der Waals surface area contributed by atoms with Gasteiger partial charge in [0, 0.05) is 4.43 Å². The maximum Gasteiger partial charge on any atom is 0.0860 e. The molecule has 2 N–H and O–H groups in total. The molecular formula is C3H7IO2. The molecule has 0 aromatic heterocycles. The summed E-state index contributed by atoms with van der Waals surface area (Å²) in [5, 5.41) is 16.5. The van der Waals surface area contributed by atoms with Crippen molar-refractivity contribution in [3.63, 3.8) is 0 Å². The van der Waals surface area contributed by atoms with Crippen LogP contribution < -0.4 is 0 Å². The molecule has 0 aliphatic rings. The van der Waals surface area contributed by atoms with Crippen molar-refractivity contribution in [3.05, 3.63) is 0 Å². The molecule has 0 fully saturated rings. The van der Waals surface area contributed by atoms with Crippen LogP contribution in [0.2, 0.25) is 0 Å². The zero-order valence-electron chi connectivity index (χ0n) is 3.26. The Balaban J connectivity index is 2.75. The van der Waals surface area contributed by atoms with Gasteiger partial charge in [0.15, 0.2) is 0 Å². The van der Waals surface area contributed by atoms with Crippen LogP contribution in [0.3, 0.4) is 0 Å². The Hall–Kier alpha value is 0.650. The lowest BCUT2D eigenvalue weighted by Crippen LogP contribution is -2.12. The second-order valence-corrected chi connectivity index (χ2v) is 1.87. The predicted molar refractivity (Wildman–Crippen MR) is 32.0 cm³/mol. The van der Waals surface area contributed by atoms with Crippen molar-refractivity contribution in [2.45, 2.75) is 6.10 Å². The van der Waals surface area contributed by atoms with E-state index in [4.69, 9.17) is 10.2 Å². The summed E-state index contributed by atoms with van der Waals surface area (Å²) in [5.41, 5.74) is 0. The normalized spacial score (nSPS) is 14.5. The first kappa shape index (κ1) is 6.65. The summed E-state index contributed by atoms with van der Waals surface area (Å²) in [7, 11) is 0. The predicted octanol–water partition coefficient (Wildman–Crippen LogP) is -0.225. The van der Waals surface area contributed by atoms with Crippen LogP contribution in [0.15, 0.2) is 0 Å². The van der Waals surface area contributed by atoms with Gasteiger partial charge in [0.1, 0.15) is 0 Å². The summed E-state index contributed by atoms with van der Waals surface area (Å²) in [5.74, 6) is 0. The lowest BCUT2D eigenvalue weighted by molar-refractivity contribution is 0.116. The van der Waals surface area contributed by atoms with E-state index < -0.39 is 6.10 Å². The number of rotatable bonds is 2. The molecule has 3 heteroatoms. The molecule has 0 rings (SSSR count). The van der Waals surface area contributed by atoms with Crippen LogP contribution in [0.1, 0.15) is 0 Å². The molecule has 1 atom stereocenters. The topological polar surface area (TPSA) is 40.5 Å². The average molecular weight is 202 g/mol. The van der Waals surface area contributed by atoms with E-state index in [2.05, 4.69) is 0 Å². The Labute approximate surface area is 50.3 Å². The van der Waals surface area contributed by atoms with Gasteiger partial charge >= 0.3 is 0 Å². The van der Waals surface area contributed by atoms with Crippen molar-refractivity contribution in [3.8, 4) is 0 Å². The van der Waals surface area contributed by atoms with E-state index in [1.54, 1.807) is 0 Å². The van der Waals surface area contributed by atoms with Crippen LogP contribution in [-0.2, 0) is 0 Å². The Kier molecular flexibility index (Phi) is 4.24. The Morgan fingerprint density at radius 1 is 1.67 bits per heavy atom. The van der Waals surface area contributed by atoms with Crippen LogP contribution in [0.25, 0.3) is 0 Å². The summed E-state index contributed by atoms with van der Waals surface area (Å²) in [6, 6.07) is 0. The standard InChI is InChI=1S/C3H7IO2/c4-1-3(6)2-5/h3,5-6H,1-2H2/t3-/m0/s1. The highest BCUT2D eigenvalue weighted by molar-refractivity contribution is 14.1. The molecule has 0 radical (unpaired) electrons. The van der Waals surface area contributed by atoms with Crippen LogP contribution in [-0.4, -0.2) is 27.4 Å². The van der Waals surface area contributed by atoms with Crippen molar-refractivity contribution >= 4 is 22.6 Å². The molecule has 0 bridgehead atoms. The number of halogens is 1. The van der Waals surface area contributed by atoms with Crippen molar-refractivity contribution in [2.24, 2.45) is 0 Å². The minimum absolute atomic E-state index is 0.122. The van der Waals surface area contributed by atoms with Gasteiger partial charge in [-0.3, -0.25) is 0 Å². The molecule has 0 aromatic carbocycles. The largest absolute Gasteiger partial charge is 0.394 e. The van der Waals surface area contributed by atoms with Crippen molar-refractivity contribution in [1.82, 2.24) is 0 Å². The van der Waals surface area contributed by atoms with Crippen LogP contribution >= 0.6 is 22.6 Å². The summed E-state index contributed by atoms with van der Waals surface area (Å²) in [6.45, 7) is -0.122. The number of hydrogen-bond acceptors (Lipinski definition) is 2. The third-order valence-corrected chi connectivity index (χ3v) is 1.41. The third-order valence-electron chi connectivity index (χ3n) is 0.389. The van der Waals surface area contributed by atoms with Gasteiger partial charge in [0.25, 0.3) is 0 Å². The van der Waals surface area contributed by atoms with Gasteiger partial charge in [-0.05, 0) is 0 Å². The molecule has 0 aromatic rings. The third kappa shape index (κ3) is 2.87. The number of hydrogen-bond donors (Lipinski definition) is 2. The first-order chi connectivity index (χ1) is 2.81. The molecule has 0 amide bonds. The molecule has 0 unspecified atom stereocenters. The quantitative estimate of drug-likeness (QED) is 0.479. The molecule has 38 valence electrons. The highest BCUT2D eigenvalue weighted by Crippen LogP contribution is 1.86. The second-order valence-electron chi connectivity index (χ2n) is 0.991. The van der Waals surface area contributed by atoms with Crippen LogP contribution in [0.4, 0.5) is 0 Å². The monoisotopic (exact) mass is 202 g/mol. The van der Waals surface area contributed by atoms with E-state index in [0.29, 0.717) is 4.43 Å². The van der Waals surface area contributed by atoms with Gasteiger partial charge in [0.2, 0.25) is 0 Å². The summed E-state index contributed by atoms with van der Waals surface area (Å²) < 4.78 is 0.605. The fraction of sp³-hybridized carbons (Fsp3) is 1.00. The van der Waals surface area contributed by atoms with E-state index >= 15 is 0 Å². The molecular weight excluding hydrogens is 195 g/mol. The fourth-order valence-corrected chi connectivity index (χ4v) is 0.327. The lowest BCUT2D eigenvalue weighted by atomic mass is 10.5. The Morgan fingerprint density at radius 3 is 2.17 bits per heavy atom. The van der Waals surface area contributed by atoms with E-state index in [-0.39, 0.29) is 6.61 Å². The lowest BCUT2D eigenvalue weighted by Gasteiger charge is -1.96. The zero-order valence-corrected chi connectivity index (χ0v) is 5.42. The van der Waals surface area contributed by atoms with E-state index in [1.165, 1.54) is 0 Å². The minimum atomic E-state index is -0.523. The molecule has 0 aliphatic heterocycles. The summed E-state index contributed by atoms with van der Waals surface area (Å²) in [6.07, 6.45) is -0.523. The second kappa shape index (κ2) is 3.83. The first-order valence-electron chi connectivity index (χ1n) is 1.66. The molecule has 0 saturated carbocycles. The maximum absolute atomic E-state index is 8.41. The molecule has 0 saturated heterocycles. The van der Waals surface area contributed by atoms with Crippen molar-refractivity contribution < 1.29 is 10.2 Å². The van der Waals surface area contributed by atoms with Crippen molar-refractivity contribution in [1.29, 1.82) is 0 Å². The van der Waals surface area contributed by atoms with E-state index in [0.717, 1.165) is 0 Å². The Morgan fingerprint density at radius 2 is 2.17 bits per heavy atom. The average Bonchev–Trinajstić information content (AvgIpc) is 1.65. The zero-order chi connectivity index (χ0) is 4.99. The number of aliphatic hydroxyl groups is 2. The maximum atomic E-state index is 8.41. The number of aliphatic hydroxyl groups excluding tert-OH is 2. The van der Waals surface area contributed by atoms with Crippen molar-refractivity contribution in [2.75, 3.05) is 11.0 Å². The molecule has 0 aliphatic carbocycles. The van der Waals surface area contributed by atoms with Crippen LogP contribution in [0.5, 0.6) is 0 Å². The number of alkyl halides is 1. The minimum Gasteiger partial charge on any atom is -0.394 e. The smallest absolute Gasteiger partial charge is 0.0860 e. The molecule has 6 heavy (non-hydrogen) atoms. The highest BCUT2D eigenvalue weighted by Gasteiger charge is 1.93. The SMILES string of the molecule is OC[C@@H](O)CI. The van der Waals surface area contributed by atoms with Gasteiger partial charge in [-0.2, -0.15) is 0 Å². The molecule has 2 nitrogen and oxygen atoms in total. The van der Waals surface area contributed by atoms with Gasteiger partial charge in [-0.25, -0.2) is 0 Å². The first-order valence-corrected chi connectivity index (χ1v) is 3.18. The fourth-order valence-electron chi connectivity index (χ4n) is 0.0488. The summed E-state index contributed by atoms with van der Waals surface area (Å²) in [4.78, 5) is 0. The highest BCUT2D eigenvalue weighted by atomic mass is 127. The van der Waals surface area contributed by atoms with E-state index in [1.807, 2.05) is 22.6 Å². The van der Waals surface area contributed by atoms with Gasteiger partial charge < -0.3 is 10.2 Å². The Bertz CT molecular complexity index is 28.0. The van der Waals surface area contributed by atoms with E-state index in [9.17, 15) is 0 Å². The van der Waals surface area contributed by atoms with Crippen LogP contribution in [0, 0.1) is 0 Å². The molecule has 0 heterocycles.